The van der Waals surface area contributed by atoms with Gasteiger partial charge in [0, 0.05) is 23.2 Å². The van der Waals surface area contributed by atoms with Gasteiger partial charge in [-0.1, -0.05) is 47.6 Å². The molecule has 148 valence electrons. The summed E-state index contributed by atoms with van der Waals surface area (Å²) in [6.45, 7) is 0. The average molecular weight is 395 g/mol. The van der Waals surface area contributed by atoms with Crippen molar-refractivity contribution in [3.05, 3.63) is 77.6 Å². The normalized spacial score (nSPS) is 16.0. The minimum atomic E-state index is -0.137. The second-order valence-corrected chi connectivity index (χ2v) is 8.29. The molecule has 0 bridgehead atoms. The summed E-state index contributed by atoms with van der Waals surface area (Å²) >= 11 is 0. The highest BCUT2D eigenvalue weighted by atomic mass is 16.5. The minimum absolute atomic E-state index is 0.137. The monoisotopic (exact) mass is 395 g/mol. The third-order valence-corrected chi connectivity index (χ3v) is 5.95. The number of fused-ring (bicyclic) bond motifs is 1. The number of anilines is 1. The van der Waals surface area contributed by atoms with E-state index in [9.17, 15) is 4.79 Å². The van der Waals surface area contributed by atoms with Crippen molar-refractivity contribution in [2.24, 2.45) is 0 Å². The van der Waals surface area contributed by atoms with Crippen molar-refractivity contribution in [2.45, 2.75) is 37.5 Å². The molecule has 0 unspecified atom stereocenters. The quantitative estimate of drug-likeness (QED) is 0.457. The summed E-state index contributed by atoms with van der Waals surface area (Å²) in [5, 5.41) is 8.09. The van der Waals surface area contributed by atoms with Crippen LogP contribution >= 0.6 is 0 Å². The molecule has 0 aliphatic heterocycles. The third-order valence-electron chi connectivity index (χ3n) is 5.95. The van der Waals surface area contributed by atoms with Crippen LogP contribution in [0.3, 0.4) is 0 Å². The fourth-order valence-corrected chi connectivity index (χ4v) is 3.97. The summed E-state index contributed by atoms with van der Waals surface area (Å²) < 4.78 is 5.53. The number of hydrogen-bond acceptors (Lipinski definition) is 4. The van der Waals surface area contributed by atoms with E-state index in [4.69, 9.17) is 4.52 Å². The highest BCUT2D eigenvalue weighted by molar-refractivity contribution is 6.12. The molecule has 2 fully saturated rings. The molecule has 2 saturated carbocycles. The lowest BCUT2D eigenvalue weighted by Crippen LogP contribution is -2.13. The van der Waals surface area contributed by atoms with Crippen molar-refractivity contribution in [1.29, 1.82) is 0 Å². The molecule has 5 heteroatoms. The Kier molecular flexibility index (Phi) is 3.94. The number of carbonyl (C=O) groups is 1. The molecule has 0 radical (unpaired) electrons. The number of rotatable bonds is 5. The topological polar surface area (TPSA) is 68.0 Å². The molecule has 5 nitrogen and oxygen atoms in total. The summed E-state index contributed by atoms with van der Waals surface area (Å²) in [5.41, 5.74) is 5.96. The van der Waals surface area contributed by atoms with Gasteiger partial charge in [0.05, 0.1) is 16.6 Å². The fourth-order valence-electron chi connectivity index (χ4n) is 3.97. The Morgan fingerprint density at radius 1 is 0.900 bits per heavy atom. The first kappa shape index (κ1) is 17.4. The first-order valence-corrected chi connectivity index (χ1v) is 10.5. The van der Waals surface area contributed by atoms with E-state index in [-0.39, 0.29) is 5.91 Å². The lowest BCUT2D eigenvalue weighted by atomic mass is 10.0. The van der Waals surface area contributed by atoms with Crippen LogP contribution in [0.2, 0.25) is 0 Å². The Hall–Kier alpha value is -3.47. The molecule has 0 atom stereocenters. The molecule has 2 aliphatic rings. The number of nitrogens with one attached hydrogen (secondary N) is 1. The number of carbonyl (C=O) groups excluding carboxylic acids is 1. The Bertz CT molecular complexity index is 1240. The van der Waals surface area contributed by atoms with Crippen LogP contribution in [-0.2, 0) is 0 Å². The van der Waals surface area contributed by atoms with E-state index in [2.05, 4.69) is 27.6 Å². The van der Waals surface area contributed by atoms with Gasteiger partial charge in [-0.2, -0.15) is 0 Å². The van der Waals surface area contributed by atoms with Gasteiger partial charge >= 0.3 is 0 Å². The molecule has 2 aromatic heterocycles. The zero-order valence-corrected chi connectivity index (χ0v) is 16.5. The van der Waals surface area contributed by atoms with Gasteiger partial charge in [0.15, 0.2) is 0 Å². The molecule has 0 spiro atoms. The van der Waals surface area contributed by atoms with E-state index in [0.29, 0.717) is 23.1 Å². The molecule has 2 aromatic carbocycles. The van der Waals surface area contributed by atoms with Crippen LogP contribution in [0, 0.1) is 0 Å². The van der Waals surface area contributed by atoms with Crippen LogP contribution in [0.25, 0.3) is 22.2 Å². The first-order chi connectivity index (χ1) is 14.8. The van der Waals surface area contributed by atoms with Crippen LogP contribution < -0.4 is 5.32 Å². The zero-order valence-electron chi connectivity index (χ0n) is 16.5. The van der Waals surface area contributed by atoms with Gasteiger partial charge in [-0.15, -0.1) is 0 Å². The van der Waals surface area contributed by atoms with Gasteiger partial charge in [0.2, 0.25) is 0 Å². The maximum Gasteiger partial charge on any atom is 0.259 e. The van der Waals surface area contributed by atoms with E-state index in [1.54, 1.807) is 0 Å². The van der Waals surface area contributed by atoms with Gasteiger partial charge < -0.3 is 9.84 Å². The van der Waals surface area contributed by atoms with Crippen LogP contribution in [0.1, 0.15) is 59.3 Å². The first-order valence-electron chi connectivity index (χ1n) is 10.5. The lowest BCUT2D eigenvalue weighted by molar-refractivity contribution is 0.102. The molecule has 2 aliphatic carbocycles. The van der Waals surface area contributed by atoms with Crippen molar-refractivity contribution < 1.29 is 9.32 Å². The van der Waals surface area contributed by atoms with E-state index >= 15 is 0 Å². The van der Waals surface area contributed by atoms with E-state index in [1.165, 1.54) is 0 Å². The summed E-state index contributed by atoms with van der Waals surface area (Å²) in [6, 6.07) is 20.1. The van der Waals surface area contributed by atoms with Crippen molar-refractivity contribution in [2.75, 3.05) is 5.32 Å². The number of aromatic nitrogens is 2. The smallest absolute Gasteiger partial charge is 0.259 e. The molecule has 4 aromatic rings. The van der Waals surface area contributed by atoms with Crippen LogP contribution in [0.15, 0.2) is 65.2 Å². The Labute approximate surface area is 174 Å². The maximum atomic E-state index is 13.3. The van der Waals surface area contributed by atoms with E-state index in [1.807, 2.05) is 48.5 Å². The van der Waals surface area contributed by atoms with Crippen LogP contribution in [0.4, 0.5) is 5.69 Å². The zero-order chi connectivity index (χ0) is 20.1. The van der Waals surface area contributed by atoms with Gasteiger partial charge in [0.25, 0.3) is 11.6 Å². The second-order valence-electron chi connectivity index (χ2n) is 8.29. The summed E-state index contributed by atoms with van der Waals surface area (Å²) in [5.74, 6) is 0.680. The van der Waals surface area contributed by atoms with Crippen LogP contribution in [0.5, 0.6) is 0 Å². The average Bonchev–Trinajstić information content (AvgIpc) is 3.72. The third kappa shape index (κ3) is 3.16. The number of nitrogens with zero attached hydrogens (tertiary/aromatic N) is 2. The largest absolute Gasteiger partial charge is 0.335 e. The van der Waals surface area contributed by atoms with Crippen molar-refractivity contribution in [3.63, 3.8) is 0 Å². The molecule has 2 heterocycles. The van der Waals surface area contributed by atoms with Gasteiger partial charge in [-0.25, -0.2) is 4.98 Å². The number of pyridine rings is 1. The molecule has 1 N–H and O–H groups in total. The molecule has 0 saturated heterocycles. The van der Waals surface area contributed by atoms with Gasteiger partial charge in [-0.05, 0) is 55.0 Å². The van der Waals surface area contributed by atoms with Gasteiger partial charge in [-0.3, -0.25) is 4.79 Å². The highest BCUT2D eigenvalue weighted by Crippen LogP contribution is 2.45. The van der Waals surface area contributed by atoms with Crippen molar-refractivity contribution in [3.8, 4) is 11.1 Å². The highest BCUT2D eigenvalue weighted by Gasteiger charge is 2.34. The van der Waals surface area contributed by atoms with Crippen molar-refractivity contribution in [1.82, 2.24) is 10.1 Å². The van der Waals surface area contributed by atoms with E-state index < -0.39 is 0 Å². The molecular weight excluding hydrogens is 374 g/mol. The molecule has 6 rings (SSSR count). The number of hydrogen-bond donors (Lipinski definition) is 1. The second kappa shape index (κ2) is 6.80. The Morgan fingerprint density at radius 3 is 2.30 bits per heavy atom. The Balaban J connectivity index is 1.33. The molecule has 1 amide bonds. The predicted octanol–water partition coefficient (Wildman–Crippen LogP) is 5.90. The maximum absolute atomic E-state index is 13.3. The molecular formula is C25H21N3O2. The van der Waals surface area contributed by atoms with Crippen LogP contribution in [-0.4, -0.2) is 16.0 Å². The van der Waals surface area contributed by atoms with Gasteiger partial charge in [0.1, 0.15) is 0 Å². The number of benzene rings is 2. The molecule has 30 heavy (non-hydrogen) atoms. The SMILES string of the molecule is O=C(Nc1ccc(-c2ccccc2)cc1)c1cc(C2CC2)nc2onc(C3CC3)c12. The summed E-state index contributed by atoms with van der Waals surface area (Å²) in [4.78, 5) is 17.9. The minimum Gasteiger partial charge on any atom is -0.335 e. The number of amides is 1. The Morgan fingerprint density at radius 2 is 1.60 bits per heavy atom. The van der Waals surface area contributed by atoms with E-state index in [0.717, 1.165) is 59.3 Å². The standard InChI is InChI=1S/C25H21N3O2/c29-24(26-19-12-10-16(11-13-19)15-4-2-1-3-5-15)20-14-21(17-6-7-17)27-25-22(20)23(28-30-25)18-8-9-18/h1-5,10-14,17-18H,6-9H2,(H,26,29). The van der Waals surface area contributed by atoms with Crippen molar-refractivity contribution >= 4 is 22.7 Å². The summed E-state index contributed by atoms with van der Waals surface area (Å²) in [6.07, 6.45) is 4.41. The predicted molar refractivity (Wildman–Crippen MR) is 116 cm³/mol. The summed E-state index contributed by atoms with van der Waals surface area (Å²) in [7, 11) is 0. The lowest BCUT2D eigenvalue weighted by Gasteiger charge is -2.09. The fraction of sp³-hybridized carbons (Fsp3) is 0.240.